The van der Waals surface area contributed by atoms with Gasteiger partial charge in [-0.2, -0.15) is 4.31 Å². The molecule has 1 aliphatic rings. The molecule has 0 fully saturated rings. The molecule has 7 nitrogen and oxygen atoms in total. The van der Waals surface area contributed by atoms with Gasteiger partial charge < -0.3 is 10.3 Å². The molecule has 5 rings (SSSR count). The van der Waals surface area contributed by atoms with Crippen molar-refractivity contribution >= 4 is 32.3 Å². The number of aromatic amines is 1. The summed E-state index contributed by atoms with van der Waals surface area (Å²) < 4.78 is 39.9. The van der Waals surface area contributed by atoms with E-state index in [0.29, 0.717) is 48.3 Å². The first-order chi connectivity index (χ1) is 16.4. The van der Waals surface area contributed by atoms with Crippen LogP contribution in [0.4, 0.5) is 10.1 Å². The van der Waals surface area contributed by atoms with Gasteiger partial charge in [-0.3, -0.25) is 0 Å². The molecule has 2 aromatic heterocycles. The maximum absolute atomic E-state index is 14.9. The van der Waals surface area contributed by atoms with Crippen LogP contribution in [0.5, 0.6) is 0 Å². The van der Waals surface area contributed by atoms with Crippen LogP contribution in [0.3, 0.4) is 0 Å². The SMILES string of the molecule is CS(=O)(=O)N1CC=C(c2cc3c(-c4cc(NCc5ccccc5)ccc4F)ncnc3[nH]2)CC1. The van der Waals surface area contributed by atoms with Gasteiger partial charge in [0.1, 0.15) is 17.8 Å². The Kier molecular flexibility index (Phi) is 5.89. The highest BCUT2D eigenvalue weighted by Gasteiger charge is 2.22. The van der Waals surface area contributed by atoms with E-state index in [-0.39, 0.29) is 5.82 Å². The van der Waals surface area contributed by atoms with E-state index in [4.69, 9.17) is 0 Å². The molecule has 0 spiro atoms. The normalized spacial score (nSPS) is 14.8. The van der Waals surface area contributed by atoms with Crippen molar-refractivity contribution in [2.45, 2.75) is 13.0 Å². The summed E-state index contributed by atoms with van der Waals surface area (Å²) in [6.07, 6.45) is 5.11. The Morgan fingerprint density at radius 3 is 2.68 bits per heavy atom. The summed E-state index contributed by atoms with van der Waals surface area (Å²) >= 11 is 0. The number of nitrogens with zero attached hydrogens (tertiary/aromatic N) is 3. The van der Waals surface area contributed by atoms with Crippen molar-refractivity contribution in [2.24, 2.45) is 0 Å². The Labute approximate surface area is 197 Å². The van der Waals surface area contributed by atoms with Gasteiger partial charge in [0.15, 0.2) is 0 Å². The fraction of sp³-hybridized carbons (Fsp3) is 0.200. The quantitative estimate of drug-likeness (QED) is 0.429. The Hall–Kier alpha value is -3.56. The minimum absolute atomic E-state index is 0.325. The maximum Gasteiger partial charge on any atom is 0.211 e. The lowest BCUT2D eigenvalue weighted by atomic mass is 10.0. The average Bonchev–Trinajstić information content (AvgIpc) is 3.28. The lowest BCUT2D eigenvalue weighted by Gasteiger charge is -2.23. The molecule has 0 saturated heterocycles. The fourth-order valence-electron chi connectivity index (χ4n) is 4.14. The Balaban J connectivity index is 1.45. The van der Waals surface area contributed by atoms with E-state index in [1.54, 1.807) is 12.1 Å². The van der Waals surface area contributed by atoms with Gasteiger partial charge in [0.05, 0.1) is 11.9 Å². The first kappa shape index (κ1) is 22.2. The van der Waals surface area contributed by atoms with Crippen molar-refractivity contribution in [2.75, 3.05) is 24.7 Å². The summed E-state index contributed by atoms with van der Waals surface area (Å²) in [5.41, 5.74) is 5.25. The molecule has 4 aromatic rings. The molecule has 0 bridgehead atoms. The van der Waals surface area contributed by atoms with Crippen molar-refractivity contribution in [3.63, 3.8) is 0 Å². The van der Waals surface area contributed by atoms with Crippen LogP contribution in [0.15, 0.2) is 67.0 Å². The van der Waals surface area contributed by atoms with Crippen molar-refractivity contribution in [1.82, 2.24) is 19.3 Å². The molecule has 2 N–H and O–H groups in total. The van der Waals surface area contributed by atoms with Gasteiger partial charge in [-0.15, -0.1) is 0 Å². The summed E-state index contributed by atoms with van der Waals surface area (Å²) in [4.78, 5) is 12.0. The third kappa shape index (κ3) is 4.57. The zero-order valence-electron chi connectivity index (χ0n) is 18.6. The minimum Gasteiger partial charge on any atom is -0.381 e. The number of aromatic nitrogens is 3. The number of sulfonamides is 1. The molecule has 0 unspecified atom stereocenters. The van der Waals surface area contributed by atoms with Crippen molar-refractivity contribution in [3.05, 3.63) is 84.1 Å². The van der Waals surface area contributed by atoms with Crippen molar-refractivity contribution in [3.8, 4) is 11.3 Å². The number of halogens is 1. The lowest BCUT2D eigenvalue weighted by Crippen LogP contribution is -2.33. The number of H-pyrrole nitrogens is 1. The van der Waals surface area contributed by atoms with Gasteiger partial charge in [-0.1, -0.05) is 36.4 Å². The van der Waals surface area contributed by atoms with Gasteiger partial charge in [0.25, 0.3) is 0 Å². The third-order valence-corrected chi connectivity index (χ3v) is 7.24. The monoisotopic (exact) mass is 477 g/mol. The molecule has 174 valence electrons. The van der Waals surface area contributed by atoms with Crippen LogP contribution >= 0.6 is 0 Å². The summed E-state index contributed by atoms with van der Waals surface area (Å²) in [6, 6.07) is 16.8. The van der Waals surface area contributed by atoms with Crippen LogP contribution in [-0.2, 0) is 16.6 Å². The highest BCUT2D eigenvalue weighted by Crippen LogP contribution is 2.33. The molecule has 0 radical (unpaired) electrons. The van der Waals surface area contributed by atoms with E-state index in [9.17, 15) is 12.8 Å². The fourth-order valence-corrected chi connectivity index (χ4v) is 4.91. The molecule has 3 heterocycles. The number of anilines is 1. The van der Waals surface area contributed by atoms with Crippen LogP contribution in [0.1, 0.15) is 17.7 Å². The maximum atomic E-state index is 14.9. The number of fused-ring (bicyclic) bond motifs is 1. The third-order valence-electron chi connectivity index (χ3n) is 5.97. The number of rotatable bonds is 6. The zero-order valence-corrected chi connectivity index (χ0v) is 19.4. The van der Waals surface area contributed by atoms with Gasteiger partial charge in [-0.05, 0) is 41.8 Å². The molecular formula is C25H24FN5O2S. The Morgan fingerprint density at radius 2 is 1.94 bits per heavy atom. The Morgan fingerprint density at radius 1 is 1.12 bits per heavy atom. The van der Waals surface area contributed by atoms with E-state index < -0.39 is 10.0 Å². The second-order valence-corrected chi connectivity index (χ2v) is 10.3. The van der Waals surface area contributed by atoms with Crippen LogP contribution in [0.25, 0.3) is 27.9 Å². The number of hydrogen-bond donors (Lipinski definition) is 2. The topological polar surface area (TPSA) is 91.0 Å². The van der Waals surface area contributed by atoms with Crippen LogP contribution in [0, 0.1) is 5.82 Å². The first-order valence-corrected chi connectivity index (χ1v) is 12.8. The highest BCUT2D eigenvalue weighted by molar-refractivity contribution is 7.88. The standard InChI is InChI=1S/C25H24FN5O2S/c1-34(32,33)31-11-9-18(10-12-31)23-14-21-24(28-16-29-25(21)30-23)20-13-19(7-8-22(20)26)27-15-17-5-3-2-4-6-17/h2-9,13-14,16,27H,10-12,15H2,1H3,(H,28,29,30). The second-order valence-electron chi connectivity index (χ2n) is 8.30. The predicted molar refractivity (Wildman–Crippen MR) is 132 cm³/mol. The summed E-state index contributed by atoms with van der Waals surface area (Å²) in [6.45, 7) is 1.37. The highest BCUT2D eigenvalue weighted by atomic mass is 32.2. The van der Waals surface area contributed by atoms with E-state index >= 15 is 0 Å². The molecule has 0 saturated carbocycles. The average molecular weight is 478 g/mol. The van der Waals surface area contributed by atoms with Gasteiger partial charge in [-0.25, -0.2) is 22.8 Å². The van der Waals surface area contributed by atoms with Crippen LogP contribution in [0.2, 0.25) is 0 Å². The molecule has 1 aliphatic heterocycles. The minimum atomic E-state index is -3.22. The number of hydrogen-bond acceptors (Lipinski definition) is 5. The summed E-state index contributed by atoms with van der Waals surface area (Å²) in [5, 5.41) is 4.05. The van der Waals surface area contributed by atoms with E-state index in [1.807, 2.05) is 42.5 Å². The predicted octanol–water partition coefficient (Wildman–Crippen LogP) is 4.42. The van der Waals surface area contributed by atoms with E-state index in [0.717, 1.165) is 22.5 Å². The van der Waals surface area contributed by atoms with E-state index in [1.165, 1.54) is 23.0 Å². The van der Waals surface area contributed by atoms with Gasteiger partial charge >= 0.3 is 0 Å². The van der Waals surface area contributed by atoms with Gasteiger partial charge in [0.2, 0.25) is 10.0 Å². The zero-order chi connectivity index (χ0) is 23.7. The van der Waals surface area contributed by atoms with E-state index in [2.05, 4.69) is 20.3 Å². The Bertz CT molecular complexity index is 1480. The molecule has 0 aliphatic carbocycles. The lowest BCUT2D eigenvalue weighted by molar-refractivity contribution is 0.445. The van der Waals surface area contributed by atoms with Crippen LogP contribution in [-0.4, -0.2) is 47.0 Å². The summed E-state index contributed by atoms with van der Waals surface area (Å²) in [7, 11) is -3.22. The summed E-state index contributed by atoms with van der Waals surface area (Å²) in [5.74, 6) is -0.367. The van der Waals surface area contributed by atoms with Crippen LogP contribution < -0.4 is 5.32 Å². The number of benzene rings is 2. The molecule has 0 amide bonds. The molecule has 2 aromatic carbocycles. The molecular weight excluding hydrogens is 453 g/mol. The molecule has 34 heavy (non-hydrogen) atoms. The molecule has 9 heteroatoms. The first-order valence-electron chi connectivity index (χ1n) is 10.9. The molecule has 0 atom stereocenters. The largest absolute Gasteiger partial charge is 0.381 e. The second kappa shape index (κ2) is 9.00. The van der Waals surface area contributed by atoms with Gasteiger partial charge in [0, 0.05) is 42.0 Å². The smallest absolute Gasteiger partial charge is 0.211 e. The van der Waals surface area contributed by atoms with Crippen molar-refractivity contribution in [1.29, 1.82) is 0 Å². The van der Waals surface area contributed by atoms with Crippen molar-refractivity contribution < 1.29 is 12.8 Å². The number of nitrogens with one attached hydrogen (secondary N) is 2.